The maximum absolute atomic E-state index is 13.7. The average molecular weight is 262 g/mol. The van der Waals surface area contributed by atoms with Crippen molar-refractivity contribution in [3.8, 4) is 11.4 Å². The third-order valence-corrected chi connectivity index (χ3v) is 2.96. The highest BCUT2D eigenvalue weighted by molar-refractivity contribution is 6.30. The van der Waals surface area contributed by atoms with Crippen molar-refractivity contribution < 1.29 is 4.39 Å². The zero-order valence-corrected chi connectivity index (χ0v) is 10.3. The number of aromatic amines is 1. The maximum Gasteiger partial charge on any atom is 0.164 e. The molecule has 0 bridgehead atoms. The van der Waals surface area contributed by atoms with Gasteiger partial charge >= 0.3 is 0 Å². The van der Waals surface area contributed by atoms with Gasteiger partial charge in [-0.05, 0) is 25.1 Å². The van der Waals surface area contributed by atoms with Crippen molar-refractivity contribution >= 4 is 22.6 Å². The van der Waals surface area contributed by atoms with Gasteiger partial charge in [-0.3, -0.25) is 0 Å². The summed E-state index contributed by atoms with van der Waals surface area (Å²) in [6, 6.07) is 8.19. The molecule has 0 aliphatic rings. The minimum Gasteiger partial charge on any atom is -0.330 e. The second kappa shape index (κ2) is 4.07. The first-order valence-electron chi connectivity index (χ1n) is 5.43. The summed E-state index contributed by atoms with van der Waals surface area (Å²) in [4.78, 5) is 11.5. The van der Waals surface area contributed by atoms with Crippen molar-refractivity contribution in [1.29, 1.82) is 0 Å². The summed E-state index contributed by atoms with van der Waals surface area (Å²) in [5.41, 5.74) is 1.76. The van der Waals surface area contributed by atoms with Gasteiger partial charge in [0.1, 0.15) is 16.6 Å². The molecule has 2 heterocycles. The van der Waals surface area contributed by atoms with E-state index < -0.39 is 0 Å². The molecule has 90 valence electrons. The molecule has 0 radical (unpaired) electrons. The molecule has 0 amide bonds. The summed E-state index contributed by atoms with van der Waals surface area (Å²) >= 11 is 5.89. The van der Waals surface area contributed by atoms with Crippen LogP contribution in [0.25, 0.3) is 22.4 Å². The lowest BCUT2D eigenvalue weighted by molar-refractivity contribution is 0.630. The molecule has 0 aliphatic carbocycles. The first-order chi connectivity index (χ1) is 8.65. The molecule has 0 atom stereocenters. The van der Waals surface area contributed by atoms with E-state index in [1.54, 1.807) is 24.3 Å². The van der Waals surface area contributed by atoms with E-state index in [1.165, 1.54) is 6.07 Å². The molecule has 0 unspecified atom stereocenters. The highest BCUT2D eigenvalue weighted by atomic mass is 35.5. The zero-order valence-electron chi connectivity index (χ0n) is 9.54. The lowest BCUT2D eigenvalue weighted by Crippen LogP contribution is -1.95. The quantitative estimate of drug-likeness (QED) is 0.725. The van der Waals surface area contributed by atoms with Crippen LogP contribution in [-0.4, -0.2) is 15.0 Å². The summed E-state index contributed by atoms with van der Waals surface area (Å²) in [6.07, 6.45) is 0. The Morgan fingerprint density at radius 1 is 1.22 bits per heavy atom. The van der Waals surface area contributed by atoms with Crippen LogP contribution in [0.5, 0.6) is 0 Å². The van der Waals surface area contributed by atoms with E-state index in [9.17, 15) is 4.39 Å². The lowest BCUT2D eigenvalue weighted by atomic mass is 10.2. The highest BCUT2D eigenvalue weighted by Crippen LogP contribution is 2.24. The molecule has 2 aromatic heterocycles. The van der Waals surface area contributed by atoms with Crippen molar-refractivity contribution in [3.05, 3.63) is 47.0 Å². The second-order valence-corrected chi connectivity index (χ2v) is 4.40. The number of nitrogens with zero attached hydrogens (tertiary/aromatic N) is 2. The smallest absolute Gasteiger partial charge is 0.164 e. The SMILES string of the molecule is Cc1nc(-c2ccccc2F)nc2[nH]c(Cl)cc12. The summed E-state index contributed by atoms with van der Waals surface area (Å²) in [5, 5.41) is 1.34. The fourth-order valence-electron chi connectivity index (χ4n) is 1.89. The predicted octanol–water partition coefficient (Wildman–Crippen LogP) is 3.73. The van der Waals surface area contributed by atoms with Gasteiger partial charge in [-0.2, -0.15) is 0 Å². The molecule has 3 nitrogen and oxygen atoms in total. The summed E-state index contributed by atoms with van der Waals surface area (Å²) in [5.74, 6) is 0.0190. The van der Waals surface area contributed by atoms with Crippen LogP contribution in [0.15, 0.2) is 30.3 Å². The van der Waals surface area contributed by atoms with Gasteiger partial charge in [0.15, 0.2) is 5.82 Å². The van der Waals surface area contributed by atoms with Crippen molar-refractivity contribution in [3.63, 3.8) is 0 Å². The third-order valence-electron chi connectivity index (χ3n) is 2.76. The van der Waals surface area contributed by atoms with E-state index in [0.717, 1.165) is 11.1 Å². The minimum absolute atomic E-state index is 0.339. The minimum atomic E-state index is -0.339. The molecule has 0 spiro atoms. The number of benzene rings is 1. The third kappa shape index (κ3) is 1.75. The van der Waals surface area contributed by atoms with Gasteiger partial charge in [0.05, 0.1) is 11.3 Å². The molecule has 0 saturated heterocycles. The Kier molecular flexibility index (Phi) is 2.52. The highest BCUT2D eigenvalue weighted by Gasteiger charge is 2.11. The van der Waals surface area contributed by atoms with Gasteiger partial charge in [-0.25, -0.2) is 14.4 Å². The molecule has 3 rings (SSSR count). The molecule has 0 aliphatic heterocycles. The molecule has 1 N–H and O–H groups in total. The first kappa shape index (κ1) is 11.2. The number of H-pyrrole nitrogens is 1. The van der Waals surface area contributed by atoms with Crippen molar-refractivity contribution in [1.82, 2.24) is 15.0 Å². The largest absolute Gasteiger partial charge is 0.330 e. The van der Waals surface area contributed by atoms with E-state index in [-0.39, 0.29) is 5.82 Å². The standard InChI is InChI=1S/C13H9ClFN3/c1-7-9-6-11(14)17-13(9)18-12(16-7)8-4-2-3-5-10(8)15/h2-6H,1H3,(H,16,17,18). The van der Waals surface area contributed by atoms with Crippen LogP contribution in [0.3, 0.4) is 0 Å². The fraction of sp³-hybridized carbons (Fsp3) is 0.0769. The van der Waals surface area contributed by atoms with E-state index in [1.807, 2.05) is 6.92 Å². The van der Waals surface area contributed by atoms with Gasteiger partial charge in [0.2, 0.25) is 0 Å². The molecule has 0 saturated carbocycles. The molecule has 1 aromatic carbocycles. The number of aromatic nitrogens is 3. The molecule has 18 heavy (non-hydrogen) atoms. The second-order valence-electron chi connectivity index (χ2n) is 3.99. The van der Waals surface area contributed by atoms with Crippen LogP contribution in [0.1, 0.15) is 5.69 Å². The van der Waals surface area contributed by atoms with Gasteiger partial charge in [-0.15, -0.1) is 0 Å². The Hall–Kier alpha value is -1.94. The summed E-state index contributed by atoms with van der Waals surface area (Å²) in [6.45, 7) is 1.85. The average Bonchev–Trinajstić information content (AvgIpc) is 2.71. The van der Waals surface area contributed by atoms with E-state index >= 15 is 0 Å². The van der Waals surface area contributed by atoms with Crippen molar-refractivity contribution in [2.45, 2.75) is 6.92 Å². The maximum atomic E-state index is 13.7. The number of halogens is 2. The number of fused-ring (bicyclic) bond motifs is 1. The van der Waals surface area contributed by atoms with Crippen LogP contribution in [0.4, 0.5) is 4.39 Å². The summed E-state index contributed by atoms with van der Waals surface area (Å²) in [7, 11) is 0. The number of rotatable bonds is 1. The zero-order chi connectivity index (χ0) is 12.7. The monoisotopic (exact) mass is 261 g/mol. The molecule has 3 aromatic rings. The molecular formula is C13H9ClFN3. The normalized spacial score (nSPS) is 11.1. The fourth-order valence-corrected chi connectivity index (χ4v) is 2.09. The Morgan fingerprint density at radius 3 is 2.78 bits per heavy atom. The number of hydrogen-bond acceptors (Lipinski definition) is 2. The Morgan fingerprint density at radius 2 is 2.00 bits per heavy atom. The number of hydrogen-bond donors (Lipinski definition) is 1. The number of nitrogens with one attached hydrogen (secondary N) is 1. The molecule has 5 heteroatoms. The predicted molar refractivity (Wildman–Crippen MR) is 69.0 cm³/mol. The summed E-state index contributed by atoms with van der Waals surface area (Å²) < 4.78 is 13.7. The van der Waals surface area contributed by atoms with Crippen molar-refractivity contribution in [2.24, 2.45) is 0 Å². The number of aryl methyl sites for hydroxylation is 1. The van der Waals surface area contributed by atoms with Gasteiger partial charge < -0.3 is 4.98 Å². The van der Waals surface area contributed by atoms with Crippen LogP contribution in [-0.2, 0) is 0 Å². The van der Waals surface area contributed by atoms with Gasteiger partial charge in [0.25, 0.3) is 0 Å². The van der Waals surface area contributed by atoms with E-state index in [0.29, 0.717) is 22.2 Å². The Bertz CT molecular complexity index is 736. The van der Waals surface area contributed by atoms with Gasteiger partial charge in [0, 0.05) is 5.39 Å². The van der Waals surface area contributed by atoms with E-state index in [4.69, 9.17) is 11.6 Å². The van der Waals surface area contributed by atoms with Gasteiger partial charge in [-0.1, -0.05) is 23.7 Å². The van der Waals surface area contributed by atoms with E-state index in [2.05, 4.69) is 15.0 Å². The van der Waals surface area contributed by atoms with Crippen LogP contribution in [0, 0.1) is 12.7 Å². The molecule has 0 fully saturated rings. The molecular weight excluding hydrogens is 253 g/mol. The van der Waals surface area contributed by atoms with Crippen molar-refractivity contribution in [2.75, 3.05) is 0 Å². The van der Waals surface area contributed by atoms with Crippen LogP contribution in [0.2, 0.25) is 5.15 Å². The van der Waals surface area contributed by atoms with Crippen LogP contribution >= 0.6 is 11.6 Å². The Labute approximate surface area is 108 Å². The topological polar surface area (TPSA) is 41.6 Å². The Balaban J connectivity index is 2.28. The first-order valence-corrected chi connectivity index (χ1v) is 5.81. The lowest BCUT2D eigenvalue weighted by Gasteiger charge is -2.03. The van der Waals surface area contributed by atoms with Crippen LogP contribution < -0.4 is 0 Å².